The number of carbonyl (C=O) groups is 2. The van der Waals surface area contributed by atoms with Gasteiger partial charge in [-0.1, -0.05) is 30.3 Å². The largest absolute Gasteiger partial charge is 0.533 e. The molecule has 2 rings (SSSR count). The van der Waals surface area contributed by atoms with Crippen molar-refractivity contribution in [3.8, 4) is 0 Å². The van der Waals surface area contributed by atoms with Crippen LogP contribution in [0.3, 0.4) is 0 Å². The van der Waals surface area contributed by atoms with Crippen LogP contribution in [0.15, 0.2) is 30.3 Å². The molecule has 1 aromatic carbocycles. The Labute approximate surface area is 117 Å². The summed E-state index contributed by atoms with van der Waals surface area (Å²) in [4.78, 5) is 27.4. The molecule has 1 fully saturated rings. The molecule has 0 spiro atoms. The van der Waals surface area contributed by atoms with E-state index in [4.69, 9.17) is 4.84 Å². The predicted molar refractivity (Wildman–Crippen MR) is 69.9 cm³/mol. The summed E-state index contributed by atoms with van der Waals surface area (Å²) in [6.45, 7) is 0.293. The summed E-state index contributed by atoms with van der Waals surface area (Å²) < 4.78 is 8.96. The summed E-state index contributed by atoms with van der Waals surface area (Å²) in [6, 6.07) is 10.0. The van der Waals surface area contributed by atoms with Crippen molar-refractivity contribution in [2.75, 3.05) is 20.8 Å². The van der Waals surface area contributed by atoms with Gasteiger partial charge >= 0.3 is 12.2 Å². The number of carbonyl (C=O) groups excluding carboxylic acids is 2. The van der Waals surface area contributed by atoms with E-state index in [1.54, 1.807) is 0 Å². The lowest BCUT2D eigenvalue weighted by atomic mass is 10.1. The van der Waals surface area contributed by atoms with Crippen LogP contribution in [0.5, 0.6) is 0 Å². The van der Waals surface area contributed by atoms with Gasteiger partial charge in [-0.25, -0.2) is 9.59 Å². The van der Waals surface area contributed by atoms with E-state index >= 15 is 0 Å². The molecule has 1 aliphatic rings. The first kappa shape index (κ1) is 14.2. The SMILES string of the molecule is COC(=O)ON(C[C@H]1C[C@@H]1c1ccccc1)C(=O)OC. The van der Waals surface area contributed by atoms with Crippen molar-refractivity contribution < 1.29 is 23.9 Å². The van der Waals surface area contributed by atoms with Gasteiger partial charge < -0.3 is 14.3 Å². The molecule has 0 heterocycles. The summed E-state index contributed by atoms with van der Waals surface area (Å²) >= 11 is 0. The van der Waals surface area contributed by atoms with Crippen molar-refractivity contribution in [1.82, 2.24) is 5.06 Å². The maximum atomic E-state index is 11.5. The molecule has 0 unspecified atom stereocenters. The molecule has 0 aromatic heterocycles. The zero-order valence-corrected chi connectivity index (χ0v) is 11.4. The van der Waals surface area contributed by atoms with Gasteiger partial charge in [0.2, 0.25) is 0 Å². The van der Waals surface area contributed by atoms with Gasteiger partial charge in [0.1, 0.15) is 0 Å². The molecule has 2 atom stereocenters. The van der Waals surface area contributed by atoms with E-state index in [-0.39, 0.29) is 5.92 Å². The van der Waals surface area contributed by atoms with Gasteiger partial charge in [-0.3, -0.25) is 0 Å². The molecule has 1 aromatic rings. The second-order valence-electron chi connectivity index (χ2n) is 4.59. The molecule has 0 aliphatic heterocycles. The van der Waals surface area contributed by atoms with E-state index in [1.807, 2.05) is 30.3 Å². The summed E-state index contributed by atoms with van der Waals surface area (Å²) in [6.07, 6.45) is -0.705. The first-order chi connectivity index (χ1) is 9.65. The van der Waals surface area contributed by atoms with E-state index in [0.29, 0.717) is 12.5 Å². The maximum absolute atomic E-state index is 11.5. The Balaban J connectivity index is 1.93. The first-order valence-corrected chi connectivity index (χ1v) is 6.32. The fourth-order valence-corrected chi connectivity index (χ4v) is 2.15. The zero-order chi connectivity index (χ0) is 14.5. The highest BCUT2D eigenvalue weighted by atomic mass is 16.8. The van der Waals surface area contributed by atoms with Crippen molar-refractivity contribution in [3.05, 3.63) is 35.9 Å². The molecule has 6 heteroatoms. The zero-order valence-electron chi connectivity index (χ0n) is 11.4. The molecule has 6 nitrogen and oxygen atoms in total. The predicted octanol–water partition coefficient (Wildman–Crippen LogP) is 2.56. The lowest BCUT2D eigenvalue weighted by Gasteiger charge is -2.18. The van der Waals surface area contributed by atoms with Crippen LogP contribution in [-0.4, -0.2) is 38.1 Å². The average molecular weight is 279 g/mol. The molecule has 0 saturated heterocycles. The van der Waals surface area contributed by atoms with Crippen LogP contribution in [0.2, 0.25) is 0 Å². The van der Waals surface area contributed by atoms with Gasteiger partial charge in [0.25, 0.3) is 0 Å². The Morgan fingerprint density at radius 1 is 1.20 bits per heavy atom. The highest BCUT2D eigenvalue weighted by Gasteiger charge is 2.41. The number of hydrogen-bond acceptors (Lipinski definition) is 5. The minimum atomic E-state index is -0.938. The van der Waals surface area contributed by atoms with Crippen molar-refractivity contribution >= 4 is 12.2 Å². The molecule has 0 radical (unpaired) electrons. The number of ether oxygens (including phenoxy) is 2. The monoisotopic (exact) mass is 279 g/mol. The standard InChI is InChI=1S/C14H17NO5/c1-18-13(16)15(20-14(17)19-2)9-11-8-12(11)10-6-4-3-5-7-10/h3-7,11-12H,8-9H2,1-2H3/t11-,12-/m1/s1. The van der Waals surface area contributed by atoms with E-state index in [0.717, 1.165) is 11.5 Å². The molecule has 1 amide bonds. The van der Waals surface area contributed by atoms with Gasteiger partial charge in [-0.2, -0.15) is 0 Å². The van der Waals surface area contributed by atoms with E-state index in [2.05, 4.69) is 9.47 Å². The maximum Gasteiger partial charge on any atom is 0.533 e. The van der Waals surface area contributed by atoms with Crippen molar-refractivity contribution in [2.24, 2.45) is 5.92 Å². The fraction of sp³-hybridized carbons (Fsp3) is 0.429. The number of methoxy groups -OCH3 is 2. The Morgan fingerprint density at radius 2 is 1.90 bits per heavy atom. The lowest BCUT2D eigenvalue weighted by Crippen LogP contribution is -2.35. The number of nitrogens with zero attached hydrogens (tertiary/aromatic N) is 1. The number of hydrogen-bond donors (Lipinski definition) is 0. The highest BCUT2D eigenvalue weighted by Crippen LogP contribution is 2.47. The first-order valence-electron chi connectivity index (χ1n) is 6.32. The number of rotatable bonds is 3. The van der Waals surface area contributed by atoms with E-state index in [1.165, 1.54) is 19.8 Å². The molecular formula is C14H17NO5. The Bertz CT molecular complexity index is 476. The fourth-order valence-electron chi connectivity index (χ4n) is 2.15. The van der Waals surface area contributed by atoms with Gasteiger partial charge in [-0.05, 0) is 23.8 Å². The van der Waals surface area contributed by atoms with Gasteiger partial charge in [0.15, 0.2) is 0 Å². The smallest absolute Gasteiger partial charge is 0.451 e. The second-order valence-corrected chi connectivity index (χ2v) is 4.59. The minimum Gasteiger partial charge on any atom is -0.451 e. The molecular weight excluding hydrogens is 262 g/mol. The highest BCUT2D eigenvalue weighted by molar-refractivity contribution is 5.69. The topological polar surface area (TPSA) is 65.1 Å². The van der Waals surface area contributed by atoms with Gasteiger partial charge in [-0.15, -0.1) is 5.06 Å². The molecule has 1 saturated carbocycles. The molecule has 0 N–H and O–H groups in total. The summed E-state index contributed by atoms with van der Waals surface area (Å²) in [7, 11) is 2.42. The van der Waals surface area contributed by atoms with Gasteiger partial charge in [0.05, 0.1) is 20.8 Å². The Morgan fingerprint density at radius 3 is 2.50 bits per heavy atom. The number of amides is 1. The summed E-state index contributed by atoms with van der Waals surface area (Å²) in [5, 5.41) is 0.902. The van der Waals surface area contributed by atoms with Crippen molar-refractivity contribution in [3.63, 3.8) is 0 Å². The second kappa shape index (κ2) is 6.27. The molecule has 108 valence electrons. The average Bonchev–Trinajstić information content (AvgIpc) is 3.25. The van der Waals surface area contributed by atoms with Crippen molar-refractivity contribution in [1.29, 1.82) is 0 Å². The van der Waals surface area contributed by atoms with Gasteiger partial charge in [0, 0.05) is 0 Å². The third kappa shape index (κ3) is 3.40. The normalized spacial score (nSPS) is 19.9. The molecule has 20 heavy (non-hydrogen) atoms. The van der Waals surface area contributed by atoms with Crippen LogP contribution in [-0.2, 0) is 14.3 Å². The Hall–Kier alpha value is -2.24. The summed E-state index contributed by atoms with van der Waals surface area (Å²) in [5.41, 5.74) is 1.22. The minimum absolute atomic E-state index is 0.251. The van der Waals surface area contributed by atoms with Crippen molar-refractivity contribution in [2.45, 2.75) is 12.3 Å². The number of hydroxylamine groups is 2. The van der Waals surface area contributed by atoms with Crippen LogP contribution in [0, 0.1) is 5.92 Å². The van der Waals surface area contributed by atoms with Crippen LogP contribution in [0.4, 0.5) is 9.59 Å². The van der Waals surface area contributed by atoms with E-state index < -0.39 is 12.2 Å². The van der Waals surface area contributed by atoms with Crippen LogP contribution in [0.25, 0.3) is 0 Å². The third-order valence-electron chi connectivity index (χ3n) is 3.28. The lowest BCUT2D eigenvalue weighted by molar-refractivity contribution is -0.106. The quantitative estimate of drug-likeness (QED) is 0.628. The Kier molecular flexibility index (Phi) is 4.45. The van der Waals surface area contributed by atoms with Crippen LogP contribution in [0.1, 0.15) is 17.9 Å². The summed E-state index contributed by atoms with van der Waals surface area (Å²) in [5.74, 6) is 0.630. The molecule has 1 aliphatic carbocycles. The van der Waals surface area contributed by atoms with E-state index in [9.17, 15) is 9.59 Å². The van der Waals surface area contributed by atoms with Crippen LogP contribution >= 0.6 is 0 Å². The number of benzene rings is 1. The third-order valence-corrected chi connectivity index (χ3v) is 3.28. The van der Waals surface area contributed by atoms with Crippen LogP contribution < -0.4 is 0 Å². The molecule has 0 bridgehead atoms.